The second-order valence-electron chi connectivity index (χ2n) is 6.09. The SMILES string of the molecule is O=C(N/N=C\c1ccccc1OCc1cccc(F)c1)C(=O)Nc1ccccc1F. The Morgan fingerprint density at radius 2 is 1.70 bits per heavy atom. The largest absolute Gasteiger partial charge is 0.488 e. The zero-order valence-corrected chi connectivity index (χ0v) is 15.6. The summed E-state index contributed by atoms with van der Waals surface area (Å²) in [6.07, 6.45) is 1.30. The van der Waals surface area contributed by atoms with Crippen molar-refractivity contribution in [3.8, 4) is 5.75 Å². The third kappa shape index (κ3) is 5.71. The van der Waals surface area contributed by atoms with Gasteiger partial charge in [-0.15, -0.1) is 0 Å². The molecule has 0 saturated heterocycles. The van der Waals surface area contributed by atoms with Crippen molar-refractivity contribution in [1.29, 1.82) is 0 Å². The van der Waals surface area contributed by atoms with Gasteiger partial charge in [0.2, 0.25) is 0 Å². The predicted octanol–water partition coefficient (Wildman–Crippen LogP) is 3.63. The van der Waals surface area contributed by atoms with E-state index < -0.39 is 17.6 Å². The summed E-state index contributed by atoms with van der Waals surface area (Å²) in [4.78, 5) is 23.7. The van der Waals surface area contributed by atoms with Crippen LogP contribution >= 0.6 is 0 Å². The summed E-state index contributed by atoms with van der Waals surface area (Å²) in [6, 6.07) is 18.4. The van der Waals surface area contributed by atoms with Gasteiger partial charge in [0.15, 0.2) is 0 Å². The number of halogens is 2. The summed E-state index contributed by atoms with van der Waals surface area (Å²) in [6.45, 7) is 0.139. The minimum atomic E-state index is -1.06. The molecule has 0 unspecified atom stereocenters. The Labute approximate surface area is 171 Å². The Kier molecular flexibility index (Phi) is 6.83. The van der Waals surface area contributed by atoms with Gasteiger partial charge in [-0.1, -0.05) is 36.4 Å². The topological polar surface area (TPSA) is 79.8 Å². The van der Waals surface area contributed by atoms with Gasteiger partial charge < -0.3 is 10.1 Å². The number of rotatable bonds is 6. The van der Waals surface area contributed by atoms with E-state index in [2.05, 4.69) is 15.8 Å². The van der Waals surface area contributed by atoms with E-state index in [-0.39, 0.29) is 18.1 Å². The predicted molar refractivity (Wildman–Crippen MR) is 108 cm³/mol. The monoisotopic (exact) mass is 409 g/mol. The lowest BCUT2D eigenvalue weighted by molar-refractivity contribution is -0.136. The average Bonchev–Trinajstić information content (AvgIpc) is 2.74. The molecule has 0 radical (unpaired) electrons. The van der Waals surface area contributed by atoms with Crippen LogP contribution < -0.4 is 15.5 Å². The van der Waals surface area contributed by atoms with E-state index in [1.807, 2.05) is 0 Å². The molecule has 0 spiro atoms. The molecule has 0 aromatic heterocycles. The minimum absolute atomic E-state index is 0.113. The van der Waals surface area contributed by atoms with E-state index in [0.717, 1.165) is 6.07 Å². The van der Waals surface area contributed by atoms with Gasteiger partial charge in [-0.05, 0) is 42.0 Å². The van der Waals surface area contributed by atoms with Crippen molar-refractivity contribution in [2.75, 3.05) is 5.32 Å². The summed E-state index contributed by atoms with van der Waals surface area (Å²) in [5, 5.41) is 5.90. The Hall–Kier alpha value is -4.07. The fourth-order valence-electron chi connectivity index (χ4n) is 2.46. The van der Waals surface area contributed by atoms with Crippen molar-refractivity contribution in [2.24, 2.45) is 5.10 Å². The molecule has 0 aliphatic rings. The molecule has 0 atom stereocenters. The zero-order chi connectivity index (χ0) is 21.3. The van der Waals surface area contributed by atoms with Crippen LogP contribution in [-0.4, -0.2) is 18.0 Å². The van der Waals surface area contributed by atoms with E-state index in [9.17, 15) is 18.4 Å². The molecule has 0 saturated carbocycles. The first-order chi connectivity index (χ1) is 14.5. The summed E-state index contributed by atoms with van der Waals surface area (Å²) in [5.41, 5.74) is 3.14. The number of carbonyl (C=O) groups excluding carboxylic acids is 2. The van der Waals surface area contributed by atoms with Gasteiger partial charge in [-0.25, -0.2) is 14.2 Å². The Balaban J connectivity index is 1.58. The zero-order valence-electron chi connectivity index (χ0n) is 15.6. The average molecular weight is 409 g/mol. The molecule has 0 fully saturated rings. The molecule has 6 nitrogen and oxygen atoms in total. The number of nitrogens with zero attached hydrogens (tertiary/aromatic N) is 1. The van der Waals surface area contributed by atoms with E-state index in [4.69, 9.17) is 4.74 Å². The van der Waals surface area contributed by atoms with Crippen LogP contribution in [0.5, 0.6) is 5.75 Å². The van der Waals surface area contributed by atoms with Crippen LogP contribution in [0.25, 0.3) is 0 Å². The number of para-hydroxylation sites is 2. The van der Waals surface area contributed by atoms with Crippen LogP contribution in [0.1, 0.15) is 11.1 Å². The number of ether oxygens (including phenoxy) is 1. The maximum Gasteiger partial charge on any atom is 0.329 e. The molecule has 3 aromatic rings. The molecule has 8 heteroatoms. The molecule has 3 aromatic carbocycles. The van der Waals surface area contributed by atoms with Gasteiger partial charge in [-0.3, -0.25) is 9.59 Å². The third-order valence-electron chi connectivity index (χ3n) is 3.90. The van der Waals surface area contributed by atoms with Gasteiger partial charge in [-0.2, -0.15) is 5.10 Å². The highest BCUT2D eigenvalue weighted by Gasteiger charge is 2.14. The molecule has 0 aliphatic carbocycles. The van der Waals surface area contributed by atoms with Crippen LogP contribution in [0.15, 0.2) is 77.9 Å². The third-order valence-corrected chi connectivity index (χ3v) is 3.90. The van der Waals surface area contributed by atoms with Gasteiger partial charge >= 0.3 is 11.8 Å². The standard InChI is InChI=1S/C22H17F2N3O3/c23-17-8-5-6-15(12-17)14-30-20-11-4-1-7-16(20)13-25-27-22(29)21(28)26-19-10-3-2-9-18(19)24/h1-13H,14H2,(H,26,28)(H,27,29)/b25-13-. The highest BCUT2D eigenvalue weighted by atomic mass is 19.1. The Morgan fingerprint density at radius 3 is 2.50 bits per heavy atom. The number of benzene rings is 3. The molecule has 2 amide bonds. The van der Waals surface area contributed by atoms with E-state index >= 15 is 0 Å². The van der Waals surface area contributed by atoms with Crippen molar-refractivity contribution in [3.05, 3.63) is 95.6 Å². The molecule has 30 heavy (non-hydrogen) atoms. The van der Waals surface area contributed by atoms with Crippen molar-refractivity contribution in [3.63, 3.8) is 0 Å². The fourth-order valence-corrected chi connectivity index (χ4v) is 2.46. The van der Waals surface area contributed by atoms with E-state index in [1.165, 1.54) is 36.5 Å². The van der Waals surface area contributed by atoms with Crippen molar-refractivity contribution in [1.82, 2.24) is 5.43 Å². The number of nitrogens with one attached hydrogen (secondary N) is 2. The maximum absolute atomic E-state index is 13.5. The maximum atomic E-state index is 13.5. The first kappa shape index (κ1) is 20.7. The molecule has 3 rings (SSSR count). The lowest BCUT2D eigenvalue weighted by atomic mass is 10.2. The number of amides is 2. The normalized spacial score (nSPS) is 10.6. The summed E-state index contributed by atoms with van der Waals surface area (Å²) in [5.74, 6) is -2.69. The molecule has 152 valence electrons. The van der Waals surface area contributed by atoms with Gasteiger partial charge in [0.25, 0.3) is 0 Å². The van der Waals surface area contributed by atoms with Gasteiger partial charge in [0.05, 0.1) is 11.9 Å². The molecule has 0 aliphatic heterocycles. The first-order valence-corrected chi connectivity index (χ1v) is 8.88. The number of hydrogen-bond acceptors (Lipinski definition) is 4. The summed E-state index contributed by atoms with van der Waals surface area (Å²) >= 11 is 0. The molecular formula is C22H17F2N3O3. The minimum Gasteiger partial charge on any atom is -0.488 e. The molecule has 0 heterocycles. The number of hydrazone groups is 1. The quantitative estimate of drug-likeness (QED) is 0.371. The van der Waals surface area contributed by atoms with Crippen LogP contribution in [0.2, 0.25) is 0 Å². The highest BCUT2D eigenvalue weighted by molar-refractivity contribution is 6.39. The lowest BCUT2D eigenvalue weighted by Gasteiger charge is -2.09. The van der Waals surface area contributed by atoms with Crippen molar-refractivity contribution < 1.29 is 23.1 Å². The van der Waals surface area contributed by atoms with Crippen LogP contribution in [0, 0.1) is 11.6 Å². The number of anilines is 1. The molecular weight excluding hydrogens is 392 g/mol. The molecule has 2 N–H and O–H groups in total. The highest BCUT2D eigenvalue weighted by Crippen LogP contribution is 2.18. The van der Waals surface area contributed by atoms with E-state index in [1.54, 1.807) is 36.4 Å². The van der Waals surface area contributed by atoms with Crippen LogP contribution in [0.4, 0.5) is 14.5 Å². The first-order valence-electron chi connectivity index (χ1n) is 8.88. The second kappa shape index (κ2) is 9.92. The van der Waals surface area contributed by atoms with Crippen molar-refractivity contribution >= 4 is 23.7 Å². The number of carbonyl (C=O) groups is 2. The smallest absolute Gasteiger partial charge is 0.329 e. The Morgan fingerprint density at radius 1 is 0.933 bits per heavy atom. The summed E-state index contributed by atoms with van der Waals surface area (Å²) in [7, 11) is 0. The van der Waals surface area contributed by atoms with Crippen molar-refractivity contribution in [2.45, 2.75) is 6.61 Å². The number of hydrogen-bond donors (Lipinski definition) is 2. The van der Waals surface area contributed by atoms with E-state index in [0.29, 0.717) is 16.9 Å². The van der Waals surface area contributed by atoms with Gasteiger partial charge in [0.1, 0.15) is 24.0 Å². The van der Waals surface area contributed by atoms with Crippen LogP contribution in [-0.2, 0) is 16.2 Å². The second-order valence-corrected chi connectivity index (χ2v) is 6.09. The van der Waals surface area contributed by atoms with Gasteiger partial charge in [0, 0.05) is 5.56 Å². The Bertz CT molecular complexity index is 1090. The molecule has 0 bridgehead atoms. The summed E-state index contributed by atoms with van der Waals surface area (Å²) < 4.78 is 32.5. The lowest BCUT2D eigenvalue weighted by Crippen LogP contribution is -2.32. The van der Waals surface area contributed by atoms with Crippen LogP contribution in [0.3, 0.4) is 0 Å². The fraction of sp³-hybridized carbons (Fsp3) is 0.0455.